The highest BCUT2D eigenvalue weighted by Gasteiger charge is 2.25. The molecule has 0 spiro atoms. The molecular formula is C45H72NO8P. The van der Waals surface area contributed by atoms with Gasteiger partial charge in [0.2, 0.25) is 0 Å². The highest BCUT2D eigenvalue weighted by Crippen LogP contribution is 2.43. The van der Waals surface area contributed by atoms with E-state index in [1.807, 2.05) is 12.2 Å². The van der Waals surface area contributed by atoms with E-state index < -0.39 is 32.5 Å². The normalized spacial score (nSPS) is 14.5. The van der Waals surface area contributed by atoms with E-state index in [9.17, 15) is 19.0 Å². The summed E-state index contributed by atoms with van der Waals surface area (Å²) in [6.45, 7) is 3.36. The first-order chi connectivity index (χ1) is 26.8. The van der Waals surface area contributed by atoms with E-state index in [1.165, 1.54) is 0 Å². The molecule has 10 heteroatoms. The first-order valence-electron chi connectivity index (χ1n) is 20.4. The Bertz CT molecular complexity index is 1260. The molecule has 3 N–H and O–H groups in total. The Morgan fingerprint density at radius 3 is 1.47 bits per heavy atom. The molecule has 0 saturated carbocycles. The molecule has 9 nitrogen and oxygen atoms in total. The van der Waals surface area contributed by atoms with Crippen LogP contribution in [0, 0.1) is 0 Å². The number of phosphoric ester groups is 1. The van der Waals surface area contributed by atoms with Crippen LogP contribution in [0.5, 0.6) is 0 Å². The van der Waals surface area contributed by atoms with E-state index in [4.69, 9.17) is 24.3 Å². The summed E-state index contributed by atoms with van der Waals surface area (Å²) in [7, 11) is -4.41. The predicted octanol–water partition coefficient (Wildman–Crippen LogP) is 11.6. The number of unbranched alkanes of at least 4 members (excludes halogenated alkanes) is 5. The van der Waals surface area contributed by atoms with Crippen molar-refractivity contribution in [2.75, 3.05) is 26.4 Å². The third kappa shape index (κ3) is 40.2. The van der Waals surface area contributed by atoms with E-state index in [2.05, 4.69) is 111 Å². The fraction of sp³-hybridized carbons (Fsp3) is 0.556. The number of hydrogen-bond donors (Lipinski definition) is 2. The fourth-order valence-electron chi connectivity index (χ4n) is 4.73. The number of esters is 2. The quantitative estimate of drug-likeness (QED) is 0.0275. The van der Waals surface area contributed by atoms with Crippen LogP contribution in [0.25, 0.3) is 0 Å². The summed E-state index contributed by atoms with van der Waals surface area (Å²) in [4.78, 5) is 34.8. The molecular weight excluding hydrogens is 713 g/mol. The number of allylic oxidation sites excluding steroid dienone is 18. The topological polar surface area (TPSA) is 134 Å². The molecule has 0 aliphatic heterocycles. The standard InChI is InChI=1S/C45H72NO8P/c1-3-5-7-9-11-13-15-17-19-20-21-22-24-26-28-30-32-34-36-38-45(48)54-43(42-53-55(49,50)52-40-39-46)41-51-44(47)37-35-33-31-29-27-25-23-18-16-14-12-10-8-6-4-2/h5-8,11-14,17-19,21-23,26,28,32,34,43H,3-4,9-10,15-16,20,24-25,27,29-31,33,35-42,46H2,1-2H3,(H,49,50)/t43-/m1/s1. The summed E-state index contributed by atoms with van der Waals surface area (Å²) in [5.41, 5.74) is 5.33. The molecule has 0 amide bonds. The molecule has 0 radical (unpaired) electrons. The smallest absolute Gasteiger partial charge is 0.462 e. The minimum Gasteiger partial charge on any atom is -0.462 e. The summed E-state index contributed by atoms with van der Waals surface area (Å²) in [6.07, 6.45) is 52.8. The van der Waals surface area contributed by atoms with Crippen molar-refractivity contribution in [3.8, 4) is 0 Å². The second kappa shape index (κ2) is 40.3. The summed E-state index contributed by atoms with van der Waals surface area (Å²) >= 11 is 0. The lowest BCUT2D eigenvalue weighted by Gasteiger charge is -2.19. The summed E-state index contributed by atoms with van der Waals surface area (Å²) < 4.78 is 32.6. The lowest BCUT2D eigenvalue weighted by atomic mass is 10.1. The molecule has 0 bridgehead atoms. The van der Waals surface area contributed by atoms with Gasteiger partial charge in [-0.05, 0) is 83.5 Å². The van der Waals surface area contributed by atoms with E-state index in [0.29, 0.717) is 12.8 Å². The van der Waals surface area contributed by atoms with Gasteiger partial charge in [-0.1, -0.05) is 142 Å². The predicted molar refractivity (Wildman–Crippen MR) is 228 cm³/mol. The third-order valence-electron chi connectivity index (χ3n) is 7.67. The molecule has 0 aliphatic rings. The fourth-order valence-corrected chi connectivity index (χ4v) is 5.50. The Hall–Kier alpha value is -3.33. The Kier molecular flexibility index (Phi) is 37.9. The molecule has 2 atom stereocenters. The maximum absolute atomic E-state index is 12.5. The largest absolute Gasteiger partial charge is 0.472 e. The van der Waals surface area contributed by atoms with Crippen LogP contribution in [0.2, 0.25) is 0 Å². The zero-order chi connectivity index (χ0) is 40.3. The van der Waals surface area contributed by atoms with Crippen molar-refractivity contribution < 1.29 is 37.6 Å². The van der Waals surface area contributed by atoms with Crippen LogP contribution < -0.4 is 5.73 Å². The van der Waals surface area contributed by atoms with Crippen LogP contribution in [0.4, 0.5) is 0 Å². The zero-order valence-electron chi connectivity index (χ0n) is 33.9. The van der Waals surface area contributed by atoms with Crippen LogP contribution in [-0.4, -0.2) is 49.3 Å². The van der Waals surface area contributed by atoms with Crippen molar-refractivity contribution in [2.45, 2.75) is 136 Å². The Morgan fingerprint density at radius 2 is 0.982 bits per heavy atom. The number of hydrogen-bond acceptors (Lipinski definition) is 8. The minimum absolute atomic E-state index is 0.0328. The zero-order valence-corrected chi connectivity index (χ0v) is 34.7. The second-order valence-electron chi connectivity index (χ2n) is 12.7. The lowest BCUT2D eigenvalue weighted by Crippen LogP contribution is -2.29. The Morgan fingerprint density at radius 1 is 0.545 bits per heavy atom. The maximum Gasteiger partial charge on any atom is 0.472 e. The van der Waals surface area contributed by atoms with Gasteiger partial charge < -0.3 is 20.1 Å². The summed E-state index contributed by atoms with van der Waals surface area (Å²) in [5.74, 6) is -0.960. The molecule has 310 valence electrons. The highest BCUT2D eigenvalue weighted by atomic mass is 31.2. The van der Waals surface area contributed by atoms with Gasteiger partial charge in [-0.15, -0.1) is 0 Å². The molecule has 0 aromatic heterocycles. The second-order valence-corrected chi connectivity index (χ2v) is 14.2. The van der Waals surface area contributed by atoms with Gasteiger partial charge >= 0.3 is 19.8 Å². The number of ether oxygens (including phenoxy) is 2. The summed E-state index contributed by atoms with van der Waals surface area (Å²) in [6, 6.07) is 0. The van der Waals surface area contributed by atoms with E-state index in [-0.39, 0.29) is 32.6 Å². The number of rotatable bonds is 36. The average Bonchev–Trinajstić information content (AvgIpc) is 3.17. The van der Waals surface area contributed by atoms with Crippen molar-refractivity contribution in [1.29, 1.82) is 0 Å². The van der Waals surface area contributed by atoms with Gasteiger partial charge in [0.15, 0.2) is 6.10 Å². The van der Waals surface area contributed by atoms with Gasteiger partial charge in [0, 0.05) is 19.4 Å². The lowest BCUT2D eigenvalue weighted by molar-refractivity contribution is -0.161. The van der Waals surface area contributed by atoms with Gasteiger partial charge in [-0.2, -0.15) is 0 Å². The van der Waals surface area contributed by atoms with Crippen LogP contribution in [-0.2, 0) is 32.7 Å². The first kappa shape index (κ1) is 51.7. The number of carbonyl (C=O) groups is 2. The monoisotopic (exact) mass is 785 g/mol. The van der Waals surface area contributed by atoms with Gasteiger partial charge in [-0.3, -0.25) is 18.6 Å². The van der Waals surface area contributed by atoms with Gasteiger partial charge in [0.25, 0.3) is 0 Å². The van der Waals surface area contributed by atoms with Crippen molar-refractivity contribution >= 4 is 19.8 Å². The van der Waals surface area contributed by atoms with Crippen LogP contribution in [0.15, 0.2) is 109 Å². The Labute approximate surface area is 333 Å². The van der Waals surface area contributed by atoms with Crippen LogP contribution >= 0.6 is 7.82 Å². The Balaban J connectivity index is 4.38. The number of nitrogens with two attached hydrogens (primary N) is 1. The first-order valence-corrected chi connectivity index (χ1v) is 21.9. The molecule has 0 saturated heterocycles. The van der Waals surface area contributed by atoms with Crippen molar-refractivity contribution in [1.82, 2.24) is 0 Å². The molecule has 1 unspecified atom stereocenters. The molecule has 0 fully saturated rings. The van der Waals surface area contributed by atoms with E-state index >= 15 is 0 Å². The summed E-state index contributed by atoms with van der Waals surface area (Å²) in [5, 5.41) is 0. The molecule has 0 rings (SSSR count). The van der Waals surface area contributed by atoms with Crippen molar-refractivity contribution in [2.24, 2.45) is 5.73 Å². The molecule has 0 aromatic carbocycles. The van der Waals surface area contributed by atoms with Crippen molar-refractivity contribution in [3.63, 3.8) is 0 Å². The van der Waals surface area contributed by atoms with E-state index in [1.54, 1.807) is 0 Å². The number of carbonyl (C=O) groups excluding carboxylic acids is 2. The SMILES string of the molecule is CCC=CCC=CCC=CCC=CCC=CCC=CCCC(=O)O[C@H](COC(=O)CCCCCCCC=CCC=CCC=CCC)COP(=O)(O)OCCN. The number of phosphoric acid groups is 1. The molecule has 55 heavy (non-hydrogen) atoms. The molecule has 0 aromatic rings. The van der Waals surface area contributed by atoms with Crippen LogP contribution in [0.3, 0.4) is 0 Å². The molecule has 0 aliphatic carbocycles. The van der Waals surface area contributed by atoms with Crippen molar-refractivity contribution in [3.05, 3.63) is 109 Å². The third-order valence-corrected chi connectivity index (χ3v) is 8.65. The highest BCUT2D eigenvalue weighted by molar-refractivity contribution is 7.47. The van der Waals surface area contributed by atoms with Gasteiger partial charge in [0.05, 0.1) is 13.2 Å². The maximum atomic E-state index is 12.5. The van der Waals surface area contributed by atoms with Crippen LogP contribution in [0.1, 0.15) is 129 Å². The minimum atomic E-state index is -4.41. The van der Waals surface area contributed by atoms with Gasteiger partial charge in [-0.25, -0.2) is 4.57 Å². The van der Waals surface area contributed by atoms with E-state index in [0.717, 1.165) is 89.9 Å². The molecule has 0 heterocycles. The van der Waals surface area contributed by atoms with Gasteiger partial charge in [0.1, 0.15) is 6.61 Å². The average molecular weight is 786 g/mol.